The first kappa shape index (κ1) is 20.0. The van der Waals surface area contributed by atoms with Crippen molar-refractivity contribution >= 4 is 11.6 Å². The summed E-state index contributed by atoms with van der Waals surface area (Å²) >= 11 is 0. The molecule has 3 heteroatoms. The van der Waals surface area contributed by atoms with Gasteiger partial charge in [0, 0.05) is 12.1 Å². The molecular formula is C23H31NO2. The average Bonchev–Trinajstić information content (AvgIpc) is 2.61. The highest BCUT2D eigenvalue weighted by Crippen LogP contribution is 2.22. The highest BCUT2D eigenvalue weighted by atomic mass is 16.5. The number of hydrogen-bond acceptors (Lipinski definition) is 2. The first-order chi connectivity index (χ1) is 12.4. The third-order valence-electron chi connectivity index (χ3n) is 4.37. The fourth-order valence-electron chi connectivity index (χ4n) is 2.62. The second-order valence-electron chi connectivity index (χ2n) is 7.72. The summed E-state index contributed by atoms with van der Waals surface area (Å²) in [5.41, 5.74) is 3.46. The minimum Gasteiger partial charge on any atom is -0.494 e. The van der Waals surface area contributed by atoms with Gasteiger partial charge in [0.15, 0.2) is 0 Å². The molecule has 2 rings (SSSR count). The van der Waals surface area contributed by atoms with E-state index in [4.69, 9.17) is 4.74 Å². The molecule has 3 nitrogen and oxygen atoms in total. The van der Waals surface area contributed by atoms with Crippen molar-refractivity contribution in [3.8, 4) is 5.75 Å². The number of rotatable bonds is 8. The lowest BCUT2D eigenvalue weighted by Gasteiger charge is -2.19. The fourth-order valence-corrected chi connectivity index (χ4v) is 2.62. The molecule has 0 bridgehead atoms. The Bertz CT molecular complexity index is 682. The van der Waals surface area contributed by atoms with Crippen molar-refractivity contribution in [2.75, 3.05) is 11.9 Å². The quantitative estimate of drug-likeness (QED) is 0.615. The van der Waals surface area contributed by atoms with Crippen molar-refractivity contribution in [2.24, 2.45) is 0 Å². The van der Waals surface area contributed by atoms with E-state index in [1.807, 2.05) is 24.3 Å². The number of aryl methyl sites for hydroxylation is 1. The maximum Gasteiger partial charge on any atom is 0.224 e. The molecule has 0 aliphatic rings. The summed E-state index contributed by atoms with van der Waals surface area (Å²) in [6, 6.07) is 16.1. The second kappa shape index (κ2) is 9.42. The molecule has 0 spiro atoms. The molecule has 0 fully saturated rings. The van der Waals surface area contributed by atoms with Crippen LogP contribution < -0.4 is 10.1 Å². The van der Waals surface area contributed by atoms with Gasteiger partial charge in [-0.2, -0.15) is 0 Å². The standard InChI is InChI=1S/C23H31NO2/c1-5-6-17-26-21-14-12-20(13-15-21)24-22(25)16-9-18-7-10-19(11-8-18)23(2,3)4/h7-8,10-15H,5-6,9,16-17H2,1-4H3,(H,24,25). The van der Waals surface area contributed by atoms with Crippen LogP contribution in [0.25, 0.3) is 0 Å². The summed E-state index contributed by atoms with van der Waals surface area (Å²) in [5.74, 6) is 0.875. The summed E-state index contributed by atoms with van der Waals surface area (Å²) in [6.07, 6.45) is 3.39. The van der Waals surface area contributed by atoms with Gasteiger partial charge < -0.3 is 10.1 Å². The zero-order valence-electron chi connectivity index (χ0n) is 16.5. The van der Waals surface area contributed by atoms with E-state index >= 15 is 0 Å². The molecule has 0 saturated carbocycles. The van der Waals surface area contributed by atoms with Crippen LogP contribution in [0, 0.1) is 0 Å². The topological polar surface area (TPSA) is 38.3 Å². The molecule has 0 unspecified atom stereocenters. The van der Waals surface area contributed by atoms with E-state index < -0.39 is 0 Å². The van der Waals surface area contributed by atoms with Crippen LogP contribution in [0.3, 0.4) is 0 Å². The van der Waals surface area contributed by atoms with Gasteiger partial charge in [-0.15, -0.1) is 0 Å². The van der Waals surface area contributed by atoms with Crippen LogP contribution in [0.4, 0.5) is 5.69 Å². The number of hydrogen-bond donors (Lipinski definition) is 1. The molecule has 0 aromatic heterocycles. The number of nitrogens with one attached hydrogen (secondary N) is 1. The van der Waals surface area contributed by atoms with E-state index in [1.54, 1.807) is 0 Å². The number of carbonyl (C=O) groups excluding carboxylic acids is 1. The van der Waals surface area contributed by atoms with Gasteiger partial charge in [0.25, 0.3) is 0 Å². The summed E-state index contributed by atoms with van der Waals surface area (Å²) < 4.78 is 5.63. The molecule has 0 aliphatic heterocycles. The predicted octanol–water partition coefficient (Wildman–Crippen LogP) is 5.73. The summed E-state index contributed by atoms with van der Waals surface area (Å²) in [7, 11) is 0. The first-order valence-electron chi connectivity index (χ1n) is 9.50. The molecule has 1 amide bonds. The van der Waals surface area contributed by atoms with E-state index in [0.717, 1.165) is 37.3 Å². The average molecular weight is 354 g/mol. The van der Waals surface area contributed by atoms with Crippen LogP contribution in [0.5, 0.6) is 5.75 Å². The van der Waals surface area contributed by atoms with Gasteiger partial charge in [0.1, 0.15) is 5.75 Å². The smallest absolute Gasteiger partial charge is 0.224 e. The van der Waals surface area contributed by atoms with Crippen molar-refractivity contribution < 1.29 is 9.53 Å². The van der Waals surface area contributed by atoms with Gasteiger partial charge in [0.05, 0.1) is 6.61 Å². The Morgan fingerprint density at radius 1 is 1.00 bits per heavy atom. The molecule has 1 N–H and O–H groups in total. The monoisotopic (exact) mass is 353 g/mol. The molecule has 0 saturated heterocycles. The van der Waals surface area contributed by atoms with E-state index in [0.29, 0.717) is 6.42 Å². The van der Waals surface area contributed by atoms with Crippen LogP contribution in [-0.4, -0.2) is 12.5 Å². The Kier molecular flexibility index (Phi) is 7.26. The molecular weight excluding hydrogens is 322 g/mol. The third kappa shape index (κ3) is 6.55. The zero-order valence-corrected chi connectivity index (χ0v) is 16.5. The highest BCUT2D eigenvalue weighted by molar-refractivity contribution is 5.90. The zero-order chi connectivity index (χ0) is 19.0. The predicted molar refractivity (Wildman–Crippen MR) is 109 cm³/mol. The maximum atomic E-state index is 12.2. The first-order valence-corrected chi connectivity index (χ1v) is 9.50. The molecule has 2 aromatic rings. The Balaban J connectivity index is 1.79. The Morgan fingerprint density at radius 3 is 2.23 bits per heavy atom. The highest BCUT2D eigenvalue weighted by Gasteiger charge is 2.13. The van der Waals surface area contributed by atoms with Crippen molar-refractivity contribution in [3.05, 3.63) is 59.7 Å². The minimum atomic E-state index is 0.0320. The Morgan fingerprint density at radius 2 is 1.65 bits per heavy atom. The van der Waals surface area contributed by atoms with E-state index in [2.05, 4.69) is 57.3 Å². The van der Waals surface area contributed by atoms with Gasteiger partial charge >= 0.3 is 0 Å². The van der Waals surface area contributed by atoms with Gasteiger partial charge in [0.2, 0.25) is 5.91 Å². The Hall–Kier alpha value is -2.29. The third-order valence-corrected chi connectivity index (χ3v) is 4.37. The van der Waals surface area contributed by atoms with Gasteiger partial charge in [-0.1, -0.05) is 58.4 Å². The van der Waals surface area contributed by atoms with Crippen LogP contribution in [0.15, 0.2) is 48.5 Å². The van der Waals surface area contributed by atoms with E-state index in [9.17, 15) is 4.79 Å². The number of unbranched alkanes of at least 4 members (excludes halogenated alkanes) is 1. The lowest BCUT2D eigenvalue weighted by molar-refractivity contribution is -0.116. The van der Waals surface area contributed by atoms with Crippen molar-refractivity contribution in [1.29, 1.82) is 0 Å². The van der Waals surface area contributed by atoms with Crippen molar-refractivity contribution in [2.45, 2.75) is 58.8 Å². The molecule has 26 heavy (non-hydrogen) atoms. The van der Waals surface area contributed by atoms with Crippen molar-refractivity contribution in [1.82, 2.24) is 0 Å². The molecule has 0 atom stereocenters. The van der Waals surface area contributed by atoms with Gasteiger partial charge in [-0.3, -0.25) is 4.79 Å². The summed E-state index contributed by atoms with van der Waals surface area (Å²) in [4.78, 5) is 12.2. The lowest BCUT2D eigenvalue weighted by atomic mass is 9.86. The number of amides is 1. The minimum absolute atomic E-state index is 0.0320. The largest absolute Gasteiger partial charge is 0.494 e. The van der Waals surface area contributed by atoms with Gasteiger partial charge in [-0.25, -0.2) is 0 Å². The normalized spacial score (nSPS) is 11.2. The maximum absolute atomic E-state index is 12.2. The summed E-state index contributed by atoms with van der Waals surface area (Å²) in [5, 5.41) is 2.95. The van der Waals surface area contributed by atoms with Crippen LogP contribution >= 0.6 is 0 Å². The van der Waals surface area contributed by atoms with Crippen LogP contribution in [0.1, 0.15) is 58.1 Å². The molecule has 0 aliphatic carbocycles. The van der Waals surface area contributed by atoms with Crippen molar-refractivity contribution in [3.63, 3.8) is 0 Å². The second-order valence-corrected chi connectivity index (χ2v) is 7.72. The van der Waals surface area contributed by atoms with Crippen LogP contribution in [-0.2, 0) is 16.6 Å². The Labute approximate surface area is 157 Å². The van der Waals surface area contributed by atoms with Gasteiger partial charge in [-0.05, 0) is 53.6 Å². The fraction of sp³-hybridized carbons (Fsp3) is 0.435. The molecule has 140 valence electrons. The summed E-state index contributed by atoms with van der Waals surface area (Å²) in [6.45, 7) is 9.48. The number of anilines is 1. The SMILES string of the molecule is CCCCOc1ccc(NC(=O)CCc2ccc(C(C)(C)C)cc2)cc1. The molecule has 0 heterocycles. The number of benzene rings is 2. The molecule has 0 radical (unpaired) electrons. The van der Waals surface area contributed by atoms with E-state index in [-0.39, 0.29) is 11.3 Å². The number of carbonyl (C=O) groups is 1. The lowest BCUT2D eigenvalue weighted by Crippen LogP contribution is -2.13. The van der Waals surface area contributed by atoms with Crippen LogP contribution in [0.2, 0.25) is 0 Å². The van der Waals surface area contributed by atoms with E-state index in [1.165, 1.54) is 11.1 Å². The number of ether oxygens (including phenoxy) is 1. The molecule has 2 aromatic carbocycles.